The molecular formula is C22H27F3N2O2. The molecule has 2 aromatic rings. The van der Waals surface area contributed by atoms with E-state index in [-0.39, 0.29) is 18.5 Å². The fraction of sp³-hybridized carbons (Fsp3) is 0.455. The minimum absolute atomic E-state index is 0.0495. The fourth-order valence-electron chi connectivity index (χ4n) is 3.43. The van der Waals surface area contributed by atoms with Crippen LogP contribution in [0.3, 0.4) is 0 Å². The second-order valence-electron chi connectivity index (χ2n) is 7.30. The van der Waals surface area contributed by atoms with Crippen molar-refractivity contribution in [3.63, 3.8) is 0 Å². The largest absolute Gasteiger partial charge is 0.491 e. The first-order valence-electron chi connectivity index (χ1n) is 9.83. The molecule has 2 aromatic carbocycles. The number of alkyl halides is 2. The molecule has 1 N–H and O–H groups in total. The van der Waals surface area contributed by atoms with Gasteiger partial charge in [0.25, 0.3) is 6.43 Å². The van der Waals surface area contributed by atoms with Crippen LogP contribution in [0.15, 0.2) is 42.5 Å². The second kappa shape index (κ2) is 9.98. The van der Waals surface area contributed by atoms with E-state index in [1.165, 1.54) is 12.1 Å². The van der Waals surface area contributed by atoms with E-state index in [0.717, 1.165) is 5.69 Å². The number of anilines is 1. The molecule has 0 amide bonds. The Morgan fingerprint density at radius 2 is 1.86 bits per heavy atom. The number of hydrogen-bond donors (Lipinski definition) is 1. The van der Waals surface area contributed by atoms with E-state index >= 15 is 0 Å². The molecule has 1 aliphatic rings. The Balaban J connectivity index is 1.78. The molecule has 0 bridgehead atoms. The number of benzene rings is 2. The molecule has 1 aliphatic heterocycles. The summed E-state index contributed by atoms with van der Waals surface area (Å²) in [5.74, 6) is 0.157. The maximum Gasteiger partial charge on any atom is 0.257 e. The van der Waals surface area contributed by atoms with Gasteiger partial charge in [0.05, 0.1) is 25.4 Å². The molecule has 0 radical (unpaired) electrons. The maximum absolute atomic E-state index is 13.9. The van der Waals surface area contributed by atoms with Crippen LogP contribution < -0.4 is 15.0 Å². The molecule has 1 fully saturated rings. The van der Waals surface area contributed by atoms with Gasteiger partial charge >= 0.3 is 0 Å². The van der Waals surface area contributed by atoms with E-state index in [2.05, 4.69) is 10.2 Å². The van der Waals surface area contributed by atoms with E-state index in [0.29, 0.717) is 43.2 Å². The van der Waals surface area contributed by atoms with Crippen LogP contribution in [0.25, 0.3) is 0 Å². The van der Waals surface area contributed by atoms with Crippen molar-refractivity contribution >= 4 is 5.69 Å². The number of morpholine rings is 1. The number of nitrogens with one attached hydrogen (secondary N) is 1. The van der Waals surface area contributed by atoms with E-state index in [9.17, 15) is 13.2 Å². The van der Waals surface area contributed by atoms with Gasteiger partial charge in [0, 0.05) is 25.3 Å². The fourth-order valence-corrected chi connectivity index (χ4v) is 3.43. The molecule has 0 aromatic heterocycles. The number of halogens is 3. The lowest BCUT2D eigenvalue weighted by atomic mass is 10.1. The predicted octanol–water partition coefficient (Wildman–Crippen LogP) is 4.55. The summed E-state index contributed by atoms with van der Waals surface area (Å²) in [5, 5.41) is 2.91. The predicted molar refractivity (Wildman–Crippen MR) is 107 cm³/mol. The van der Waals surface area contributed by atoms with Gasteiger partial charge in [0.2, 0.25) is 0 Å². The summed E-state index contributed by atoms with van der Waals surface area (Å²) < 4.78 is 52.5. The van der Waals surface area contributed by atoms with Gasteiger partial charge in [-0.3, -0.25) is 0 Å². The highest BCUT2D eigenvalue weighted by atomic mass is 19.3. The summed E-state index contributed by atoms with van der Waals surface area (Å²) >= 11 is 0. The summed E-state index contributed by atoms with van der Waals surface area (Å²) in [6.07, 6.45) is -2.67. The van der Waals surface area contributed by atoms with E-state index < -0.39 is 12.5 Å². The quantitative estimate of drug-likeness (QED) is 0.695. The highest BCUT2D eigenvalue weighted by molar-refractivity contribution is 5.54. The van der Waals surface area contributed by atoms with Gasteiger partial charge < -0.3 is 19.7 Å². The summed E-state index contributed by atoms with van der Waals surface area (Å²) in [7, 11) is 0. The highest BCUT2D eigenvalue weighted by Crippen LogP contribution is 2.28. The molecular weight excluding hydrogens is 381 g/mol. The van der Waals surface area contributed by atoms with Crippen molar-refractivity contribution in [3.05, 3.63) is 59.4 Å². The van der Waals surface area contributed by atoms with Gasteiger partial charge in [0.1, 0.15) is 11.6 Å². The highest BCUT2D eigenvalue weighted by Gasteiger charge is 2.24. The lowest BCUT2D eigenvalue weighted by molar-refractivity contribution is 0.0973. The van der Waals surface area contributed by atoms with Crippen LogP contribution in [-0.2, 0) is 11.3 Å². The summed E-state index contributed by atoms with van der Waals surface area (Å²) in [6.45, 7) is 6.43. The molecule has 29 heavy (non-hydrogen) atoms. The van der Waals surface area contributed by atoms with Crippen molar-refractivity contribution in [2.75, 3.05) is 31.2 Å². The Labute approximate surface area is 169 Å². The van der Waals surface area contributed by atoms with Crippen LogP contribution in [0.2, 0.25) is 0 Å². The van der Waals surface area contributed by atoms with E-state index in [4.69, 9.17) is 9.47 Å². The van der Waals surface area contributed by atoms with Gasteiger partial charge in [-0.1, -0.05) is 12.1 Å². The number of ether oxygens (including phenoxy) is 2. The molecule has 158 valence electrons. The van der Waals surface area contributed by atoms with Crippen LogP contribution in [0, 0.1) is 5.82 Å². The zero-order valence-electron chi connectivity index (χ0n) is 16.7. The van der Waals surface area contributed by atoms with Gasteiger partial charge in [-0.25, -0.2) is 13.2 Å². The first-order chi connectivity index (χ1) is 13.9. The Kier molecular flexibility index (Phi) is 7.39. The third-order valence-electron chi connectivity index (χ3n) is 4.75. The first kappa shape index (κ1) is 21.5. The molecule has 0 spiro atoms. The molecule has 0 unspecified atom stereocenters. The molecule has 0 aliphatic carbocycles. The molecule has 7 heteroatoms. The van der Waals surface area contributed by atoms with Crippen molar-refractivity contribution in [1.29, 1.82) is 0 Å². The van der Waals surface area contributed by atoms with Gasteiger partial charge in [-0.05, 0) is 55.3 Å². The van der Waals surface area contributed by atoms with Gasteiger partial charge in [-0.2, -0.15) is 0 Å². The molecule has 1 atom stereocenters. The Morgan fingerprint density at radius 3 is 2.55 bits per heavy atom. The Hall–Kier alpha value is -2.25. The van der Waals surface area contributed by atoms with E-state index in [1.54, 1.807) is 30.3 Å². The lowest BCUT2D eigenvalue weighted by Gasteiger charge is -2.31. The van der Waals surface area contributed by atoms with Crippen LogP contribution in [-0.4, -0.2) is 38.8 Å². The van der Waals surface area contributed by atoms with Crippen LogP contribution in [0.1, 0.15) is 31.0 Å². The standard InChI is InChI=1S/C22H27F3N2O2/c1-15(2)29-19-5-3-4-16(13-19)21(22(24)25)26-14-17-12-18(23)6-7-20(17)27-8-10-28-11-9-27/h3-7,12-13,15,21-22,26H,8-11,14H2,1-2H3/t21-/m0/s1. The van der Waals surface area contributed by atoms with Gasteiger partial charge in [-0.15, -0.1) is 0 Å². The van der Waals surface area contributed by atoms with Crippen LogP contribution in [0.4, 0.5) is 18.9 Å². The minimum atomic E-state index is -2.62. The topological polar surface area (TPSA) is 33.7 Å². The lowest BCUT2D eigenvalue weighted by Crippen LogP contribution is -2.37. The van der Waals surface area contributed by atoms with Crippen LogP contribution in [0.5, 0.6) is 5.75 Å². The van der Waals surface area contributed by atoms with Crippen molar-refractivity contribution < 1.29 is 22.6 Å². The molecule has 4 nitrogen and oxygen atoms in total. The minimum Gasteiger partial charge on any atom is -0.491 e. The molecule has 1 heterocycles. The summed E-state index contributed by atoms with van der Waals surface area (Å²) in [6, 6.07) is 10.0. The van der Waals surface area contributed by atoms with E-state index in [1.807, 2.05) is 13.8 Å². The Bertz CT molecular complexity index is 795. The smallest absolute Gasteiger partial charge is 0.257 e. The number of rotatable bonds is 8. The van der Waals surface area contributed by atoms with Crippen molar-refractivity contribution in [2.24, 2.45) is 0 Å². The zero-order chi connectivity index (χ0) is 20.8. The summed E-state index contributed by atoms with van der Waals surface area (Å²) in [4.78, 5) is 2.09. The molecule has 1 saturated heterocycles. The van der Waals surface area contributed by atoms with Crippen molar-refractivity contribution in [2.45, 2.75) is 39.0 Å². The normalized spacial score (nSPS) is 15.8. The SMILES string of the molecule is CC(C)Oc1cccc([C@H](NCc2cc(F)ccc2N2CCOCC2)C(F)F)c1. The zero-order valence-corrected chi connectivity index (χ0v) is 16.7. The molecule has 0 saturated carbocycles. The Morgan fingerprint density at radius 1 is 1.10 bits per heavy atom. The number of nitrogens with zero attached hydrogens (tertiary/aromatic N) is 1. The monoisotopic (exact) mass is 408 g/mol. The van der Waals surface area contributed by atoms with Crippen LogP contribution >= 0.6 is 0 Å². The average Bonchev–Trinajstić information content (AvgIpc) is 2.68. The second-order valence-corrected chi connectivity index (χ2v) is 7.30. The average molecular weight is 408 g/mol. The molecule has 3 rings (SSSR count). The van der Waals surface area contributed by atoms with Crippen molar-refractivity contribution in [1.82, 2.24) is 5.32 Å². The third-order valence-corrected chi connectivity index (χ3v) is 4.75. The maximum atomic E-state index is 13.9. The first-order valence-corrected chi connectivity index (χ1v) is 9.83. The number of hydrogen-bond acceptors (Lipinski definition) is 4. The van der Waals surface area contributed by atoms with Gasteiger partial charge in [0.15, 0.2) is 0 Å². The third kappa shape index (κ3) is 5.87. The summed E-state index contributed by atoms with van der Waals surface area (Å²) in [5.41, 5.74) is 1.92. The van der Waals surface area contributed by atoms with Crippen molar-refractivity contribution in [3.8, 4) is 5.75 Å².